The number of carbonyl (C=O) groups excluding carboxylic acids is 1. The summed E-state index contributed by atoms with van der Waals surface area (Å²) in [4.78, 5) is 10.7. The summed E-state index contributed by atoms with van der Waals surface area (Å²) >= 11 is 0. The van der Waals surface area contributed by atoms with E-state index in [0.29, 0.717) is 0 Å². The number of hydrogen-bond donors (Lipinski definition) is 0. The number of rotatable bonds is 0. The van der Waals surface area contributed by atoms with Crippen LogP contribution in [0.25, 0.3) is 0 Å². The first kappa shape index (κ1) is 12.5. The van der Waals surface area contributed by atoms with Crippen LogP contribution in [0.4, 0.5) is 0 Å². The topological polar surface area (TPSA) is 17.1 Å². The first-order valence-corrected chi connectivity index (χ1v) is 6.66. The Morgan fingerprint density at radius 3 is 1.27 bits per heavy atom. The second kappa shape index (κ2) is 8.73. The van der Waals surface area contributed by atoms with Crippen LogP contribution < -0.4 is 0 Å². The largest absolute Gasteiger partial charge is 0.234 e. The molecule has 1 saturated carbocycles. The monoisotopic (exact) mass is 208 g/mol. The lowest BCUT2D eigenvalue weighted by Gasteiger charge is -2.02. The van der Waals surface area contributed by atoms with Gasteiger partial charge in [0.25, 0.3) is 0 Å². The molecule has 0 aromatic carbocycles. The zero-order chi connectivity index (χ0) is 10.8. The normalized spacial score (nSPS) is 22.0. The third-order valence-corrected chi connectivity index (χ3v) is 3.35. The number of allylic oxidation sites excluding steroid dienone is 1. The first-order chi connectivity index (χ1) is 7.43. The van der Waals surface area contributed by atoms with E-state index in [9.17, 15) is 4.79 Å². The summed E-state index contributed by atoms with van der Waals surface area (Å²) in [6.45, 7) is 0. The summed E-state index contributed by atoms with van der Waals surface area (Å²) in [6.07, 6.45) is 15.3. The Labute approximate surface area is 93.9 Å². The van der Waals surface area contributed by atoms with Crippen LogP contribution in [0.15, 0.2) is 5.57 Å². The van der Waals surface area contributed by atoms with Gasteiger partial charge < -0.3 is 0 Å². The smallest absolute Gasteiger partial charge is 0.123 e. The molecule has 0 aliphatic heterocycles. The van der Waals surface area contributed by atoms with E-state index < -0.39 is 0 Å². The van der Waals surface area contributed by atoms with Gasteiger partial charge in [0, 0.05) is 5.57 Å². The van der Waals surface area contributed by atoms with Crippen molar-refractivity contribution in [3.63, 3.8) is 0 Å². The third kappa shape index (κ3) is 6.52. The molecule has 1 heteroatoms. The molecule has 0 unspecified atom stereocenters. The van der Waals surface area contributed by atoms with Gasteiger partial charge in [0.1, 0.15) is 5.94 Å². The average Bonchev–Trinajstić information content (AvgIpc) is 2.29. The molecule has 0 amide bonds. The van der Waals surface area contributed by atoms with E-state index in [2.05, 4.69) is 5.94 Å². The molecule has 0 N–H and O–H groups in total. The Morgan fingerprint density at radius 1 is 0.600 bits per heavy atom. The Morgan fingerprint density at radius 2 is 0.933 bits per heavy atom. The minimum Gasteiger partial charge on any atom is -0.234 e. The van der Waals surface area contributed by atoms with E-state index in [1.54, 1.807) is 0 Å². The minimum absolute atomic E-state index is 1.00. The van der Waals surface area contributed by atoms with Crippen LogP contribution in [0, 0.1) is 0 Å². The molecule has 0 atom stereocenters. The molecule has 1 fully saturated rings. The average molecular weight is 208 g/mol. The third-order valence-electron chi connectivity index (χ3n) is 3.35. The zero-order valence-electron chi connectivity index (χ0n) is 9.89. The van der Waals surface area contributed by atoms with Gasteiger partial charge in [-0.1, -0.05) is 51.4 Å². The number of hydrogen-bond acceptors (Lipinski definition) is 1. The fourth-order valence-electron chi connectivity index (χ4n) is 2.32. The highest BCUT2D eigenvalue weighted by molar-refractivity contribution is 5.52. The fraction of sp³-hybridized carbons (Fsp3) is 0.857. The maximum atomic E-state index is 10.7. The van der Waals surface area contributed by atoms with Crippen LogP contribution >= 0.6 is 0 Å². The summed E-state index contributed by atoms with van der Waals surface area (Å²) in [7, 11) is 0. The maximum absolute atomic E-state index is 10.7. The predicted octanol–water partition coefficient (Wildman–Crippen LogP) is 4.44. The molecule has 0 radical (unpaired) electrons. The SMILES string of the molecule is O=C=C1CCCCCCCCCCCC1. The van der Waals surface area contributed by atoms with Crippen molar-refractivity contribution in [2.75, 3.05) is 0 Å². The molecule has 0 saturated heterocycles. The highest BCUT2D eigenvalue weighted by Crippen LogP contribution is 2.18. The van der Waals surface area contributed by atoms with Gasteiger partial charge in [-0.15, -0.1) is 0 Å². The molecule has 1 aliphatic carbocycles. The summed E-state index contributed by atoms with van der Waals surface area (Å²) in [6, 6.07) is 0. The van der Waals surface area contributed by atoms with E-state index >= 15 is 0 Å². The Balaban J connectivity index is 2.27. The Kier molecular flexibility index (Phi) is 7.29. The fourth-order valence-corrected chi connectivity index (χ4v) is 2.32. The van der Waals surface area contributed by atoms with E-state index in [1.807, 2.05) is 0 Å². The van der Waals surface area contributed by atoms with Crippen molar-refractivity contribution in [1.29, 1.82) is 0 Å². The summed E-state index contributed by atoms with van der Waals surface area (Å²) in [5.41, 5.74) is 1.04. The Bertz CT molecular complexity index is 185. The van der Waals surface area contributed by atoms with Gasteiger partial charge >= 0.3 is 0 Å². The molecule has 1 aliphatic rings. The molecular formula is C14H24O. The van der Waals surface area contributed by atoms with Crippen molar-refractivity contribution in [3.05, 3.63) is 5.57 Å². The van der Waals surface area contributed by atoms with Crippen LogP contribution in [-0.2, 0) is 4.79 Å². The van der Waals surface area contributed by atoms with Crippen LogP contribution in [0.1, 0.15) is 77.0 Å². The quantitative estimate of drug-likeness (QED) is 0.538. The molecule has 0 aromatic heterocycles. The van der Waals surface area contributed by atoms with Gasteiger partial charge in [-0.25, -0.2) is 4.79 Å². The van der Waals surface area contributed by atoms with E-state index in [1.165, 1.54) is 64.2 Å². The van der Waals surface area contributed by atoms with Gasteiger partial charge in [0.2, 0.25) is 0 Å². The van der Waals surface area contributed by atoms with Crippen molar-refractivity contribution in [2.24, 2.45) is 0 Å². The maximum Gasteiger partial charge on any atom is 0.123 e. The molecule has 15 heavy (non-hydrogen) atoms. The Hall–Kier alpha value is -0.550. The molecule has 0 heterocycles. The molecular weight excluding hydrogens is 184 g/mol. The molecule has 1 nitrogen and oxygen atoms in total. The molecule has 0 aromatic rings. The standard InChI is InChI=1S/C14H24O/c15-13-14-11-9-7-5-3-1-2-4-6-8-10-12-14/h1-12H2. The summed E-state index contributed by atoms with van der Waals surface area (Å²) in [5, 5.41) is 0. The van der Waals surface area contributed by atoms with Crippen molar-refractivity contribution in [2.45, 2.75) is 77.0 Å². The van der Waals surface area contributed by atoms with Crippen LogP contribution in [0.2, 0.25) is 0 Å². The second-order valence-electron chi connectivity index (χ2n) is 4.74. The van der Waals surface area contributed by atoms with E-state index in [-0.39, 0.29) is 0 Å². The van der Waals surface area contributed by atoms with Crippen molar-refractivity contribution < 1.29 is 4.79 Å². The lowest BCUT2D eigenvalue weighted by atomic mass is 10.0. The van der Waals surface area contributed by atoms with Crippen LogP contribution in [-0.4, -0.2) is 5.94 Å². The highest BCUT2D eigenvalue weighted by Gasteiger charge is 2.01. The molecule has 0 spiro atoms. The highest BCUT2D eigenvalue weighted by atomic mass is 16.1. The molecule has 1 rings (SSSR count). The molecule has 0 bridgehead atoms. The first-order valence-electron chi connectivity index (χ1n) is 6.66. The van der Waals surface area contributed by atoms with Crippen molar-refractivity contribution in [1.82, 2.24) is 0 Å². The summed E-state index contributed by atoms with van der Waals surface area (Å²) in [5.74, 6) is 2.14. The summed E-state index contributed by atoms with van der Waals surface area (Å²) < 4.78 is 0. The van der Waals surface area contributed by atoms with Gasteiger partial charge in [-0.2, -0.15) is 0 Å². The zero-order valence-corrected chi connectivity index (χ0v) is 9.89. The minimum atomic E-state index is 1.00. The van der Waals surface area contributed by atoms with Gasteiger partial charge in [0.15, 0.2) is 0 Å². The van der Waals surface area contributed by atoms with Crippen molar-refractivity contribution in [3.8, 4) is 0 Å². The van der Waals surface area contributed by atoms with E-state index in [0.717, 1.165) is 18.4 Å². The second-order valence-corrected chi connectivity index (χ2v) is 4.74. The van der Waals surface area contributed by atoms with E-state index in [4.69, 9.17) is 0 Å². The lowest BCUT2D eigenvalue weighted by molar-refractivity contribution is 0.560. The lowest BCUT2D eigenvalue weighted by Crippen LogP contribution is -1.87. The van der Waals surface area contributed by atoms with Crippen molar-refractivity contribution >= 4 is 5.94 Å². The van der Waals surface area contributed by atoms with Crippen LogP contribution in [0.3, 0.4) is 0 Å². The van der Waals surface area contributed by atoms with Gasteiger partial charge in [-0.3, -0.25) is 0 Å². The molecule has 86 valence electrons. The van der Waals surface area contributed by atoms with Gasteiger partial charge in [0.05, 0.1) is 0 Å². The van der Waals surface area contributed by atoms with Crippen LogP contribution in [0.5, 0.6) is 0 Å². The van der Waals surface area contributed by atoms with Gasteiger partial charge in [-0.05, 0) is 25.7 Å². The predicted molar refractivity (Wildman–Crippen MR) is 64.6 cm³/mol.